The number of fused-ring (bicyclic) bond motifs is 5. The molecule has 0 heterocycles. The molecule has 2 saturated carbocycles. The second-order valence-corrected chi connectivity index (χ2v) is 9.67. The van der Waals surface area contributed by atoms with E-state index in [4.69, 9.17) is 0 Å². The largest absolute Gasteiger partial charge is 0.508 e. The Bertz CT molecular complexity index is 889. The van der Waals surface area contributed by atoms with E-state index in [9.17, 15) is 15.3 Å². The lowest BCUT2D eigenvalue weighted by Gasteiger charge is -2.53. The first-order chi connectivity index (χ1) is 13.4. The zero-order valence-corrected chi connectivity index (χ0v) is 16.6. The molecule has 2 aromatic rings. The van der Waals surface area contributed by atoms with E-state index in [1.165, 1.54) is 11.1 Å². The molecule has 0 radical (unpaired) electrons. The lowest BCUT2D eigenvalue weighted by Crippen LogP contribution is -2.51. The van der Waals surface area contributed by atoms with Crippen LogP contribution in [0, 0.1) is 17.3 Å². The monoisotopic (exact) mass is 378 g/mol. The van der Waals surface area contributed by atoms with Crippen molar-refractivity contribution < 1.29 is 15.3 Å². The van der Waals surface area contributed by atoms with Crippen LogP contribution >= 0.6 is 0 Å². The molecule has 3 heteroatoms. The molecular formula is C25H30O3. The van der Waals surface area contributed by atoms with Gasteiger partial charge in [0.15, 0.2) is 0 Å². The Kier molecular flexibility index (Phi) is 4.03. The Balaban J connectivity index is 1.44. The minimum absolute atomic E-state index is 0.0551. The molecule has 0 aromatic heterocycles. The van der Waals surface area contributed by atoms with Crippen molar-refractivity contribution in [2.45, 2.75) is 63.4 Å². The van der Waals surface area contributed by atoms with E-state index in [2.05, 4.69) is 13.0 Å². The molecule has 0 unspecified atom stereocenters. The van der Waals surface area contributed by atoms with Crippen molar-refractivity contribution in [3.8, 4) is 11.5 Å². The molecule has 0 aliphatic heterocycles. The van der Waals surface area contributed by atoms with Crippen molar-refractivity contribution in [1.29, 1.82) is 0 Å². The molecule has 148 valence electrons. The Labute approximate surface area is 167 Å². The average Bonchev–Trinajstić information content (AvgIpc) is 2.94. The predicted octanol–water partition coefficient (Wildman–Crippen LogP) is 4.93. The first-order valence-electron chi connectivity index (χ1n) is 10.7. The van der Waals surface area contributed by atoms with Crippen LogP contribution in [0.3, 0.4) is 0 Å². The van der Waals surface area contributed by atoms with E-state index < -0.39 is 5.60 Å². The molecule has 3 nitrogen and oxygen atoms in total. The third-order valence-corrected chi connectivity index (χ3v) is 8.46. The van der Waals surface area contributed by atoms with Gasteiger partial charge in [0.25, 0.3) is 0 Å². The van der Waals surface area contributed by atoms with Gasteiger partial charge in [0.05, 0.1) is 5.60 Å². The fourth-order valence-electron chi connectivity index (χ4n) is 6.92. The minimum atomic E-state index is -0.672. The molecule has 0 bridgehead atoms. The van der Waals surface area contributed by atoms with Gasteiger partial charge in [0, 0.05) is 6.42 Å². The highest BCUT2D eigenvalue weighted by Crippen LogP contribution is 2.64. The van der Waals surface area contributed by atoms with Crippen LogP contribution in [0.2, 0.25) is 0 Å². The second kappa shape index (κ2) is 6.25. The number of aliphatic hydroxyl groups is 1. The molecule has 28 heavy (non-hydrogen) atoms. The molecule has 0 saturated heterocycles. The highest BCUT2D eigenvalue weighted by molar-refractivity contribution is 5.40. The summed E-state index contributed by atoms with van der Waals surface area (Å²) in [6, 6.07) is 13.3. The van der Waals surface area contributed by atoms with Gasteiger partial charge in [-0.1, -0.05) is 25.1 Å². The first kappa shape index (κ1) is 18.1. The maximum absolute atomic E-state index is 11.8. The first-order valence-corrected chi connectivity index (χ1v) is 10.7. The Morgan fingerprint density at radius 1 is 0.929 bits per heavy atom. The third kappa shape index (κ3) is 2.59. The molecule has 5 atom stereocenters. The van der Waals surface area contributed by atoms with E-state index in [0.717, 1.165) is 44.1 Å². The zero-order chi connectivity index (χ0) is 19.5. The van der Waals surface area contributed by atoms with Crippen molar-refractivity contribution >= 4 is 0 Å². The number of aryl methyl sites for hydroxylation is 1. The fraction of sp³-hybridized carbons (Fsp3) is 0.520. The number of hydrogen-bond donors (Lipinski definition) is 3. The van der Waals surface area contributed by atoms with Gasteiger partial charge in [0.2, 0.25) is 0 Å². The van der Waals surface area contributed by atoms with Crippen molar-refractivity contribution in [2.24, 2.45) is 17.3 Å². The van der Waals surface area contributed by atoms with E-state index in [-0.39, 0.29) is 11.2 Å². The normalized spacial score (nSPS) is 36.4. The summed E-state index contributed by atoms with van der Waals surface area (Å²) in [5.74, 6) is 2.40. The Morgan fingerprint density at radius 3 is 2.46 bits per heavy atom. The van der Waals surface area contributed by atoms with Gasteiger partial charge in [0.1, 0.15) is 11.5 Å². The Morgan fingerprint density at radius 2 is 1.68 bits per heavy atom. The zero-order valence-electron chi connectivity index (χ0n) is 16.6. The van der Waals surface area contributed by atoms with Crippen LogP contribution < -0.4 is 0 Å². The lowest BCUT2D eigenvalue weighted by molar-refractivity contribution is -0.102. The summed E-state index contributed by atoms with van der Waals surface area (Å²) in [5, 5.41) is 31.2. The molecule has 0 amide bonds. The van der Waals surface area contributed by atoms with E-state index >= 15 is 0 Å². The topological polar surface area (TPSA) is 60.7 Å². The minimum Gasteiger partial charge on any atom is -0.508 e. The Hall–Kier alpha value is -2.00. The van der Waals surface area contributed by atoms with E-state index in [0.29, 0.717) is 29.9 Å². The van der Waals surface area contributed by atoms with Crippen LogP contribution in [0.1, 0.15) is 61.6 Å². The van der Waals surface area contributed by atoms with Crippen molar-refractivity contribution in [2.75, 3.05) is 0 Å². The molecule has 2 aromatic carbocycles. The summed E-state index contributed by atoms with van der Waals surface area (Å²) < 4.78 is 0. The number of aromatic hydroxyl groups is 2. The maximum atomic E-state index is 11.8. The van der Waals surface area contributed by atoms with Gasteiger partial charge in [-0.3, -0.25) is 0 Å². The molecule has 2 fully saturated rings. The maximum Gasteiger partial charge on any atom is 0.115 e. The van der Waals surface area contributed by atoms with Crippen LogP contribution in [0.5, 0.6) is 11.5 Å². The van der Waals surface area contributed by atoms with E-state index in [1.54, 1.807) is 12.1 Å². The number of phenols is 2. The van der Waals surface area contributed by atoms with Crippen LogP contribution in [-0.2, 0) is 12.8 Å². The van der Waals surface area contributed by atoms with Crippen molar-refractivity contribution in [3.05, 3.63) is 59.2 Å². The second-order valence-electron chi connectivity index (χ2n) is 9.67. The summed E-state index contributed by atoms with van der Waals surface area (Å²) in [7, 11) is 0. The van der Waals surface area contributed by atoms with Crippen LogP contribution in [-0.4, -0.2) is 20.9 Å². The summed E-state index contributed by atoms with van der Waals surface area (Å²) in [5.41, 5.74) is 3.14. The lowest BCUT2D eigenvalue weighted by atomic mass is 9.53. The summed E-state index contributed by atoms with van der Waals surface area (Å²) in [6.07, 6.45) is 6.99. The standard InChI is InChI=1S/C25H30O3/c1-24-12-10-21-20-9-7-19(27)14-17(20)4-8-22(21)23(24)11-13-25(24,28)15-16-2-5-18(26)6-3-16/h2-3,5-7,9,14,21-23,26-28H,4,8,10-13,15H2,1H3/t21-,22-,23+,24+,25-/m1/s1. The van der Waals surface area contributed by atoms with Gasteiger partial charge in [-0.25, -0.2) is 0 Å². The molecule has 3 aliphatic carbocycles. The van der Waals surface area contributed by atoms with Gasteiger partial charge < -0.3 is 15.3 Å². The molecule has 0 spiro atoms. The molecule has 5 rings (SSSR count). The molecule has 3 N–H and O–H groups in total. The SMILES string of the molecule is C[C@]12CC[C@@H]3c4ccc(O)cc4CC[C@H]3[C@@H]1CC[C@@]2(O)Cc1ccc(O)cc1. The molecular weight excluding hydrogens is 348 g/mol. The quantitative estimate of drug-likeness (QED) is 0.694. The van der Waals surface area contributed by atoms with Crippen LogP contribution in [0.25, 0.3) is 0 Å². The highest BCUT2D eigenvalue weighted by atomic mass is 16.3. The number of phenolic OH excluding ortho intramolecular Hbond substituents is 2. The van der Waals surface area contributed by atoms with Crippen molar-refractivity contribution in [3.63, 3.8) is 0 Å². The smallest absolute Gasteiger partial charge is 0.115 e. The summed E-state index contributed by atoms with van der Waals surface area (Å²) in [6.45, 7) is 2.33. The fourth-order valence-corrected chi connectivity index (χ4v) is 6.92. The molecule has 3 aliphatic rings. The van der Waals surface area contributed by atoms with E-state index in [1.807, 2.05) is 24.3 Å². The van der Waals surface area contributed by atoms with Gasteiger partial charge >= 0.3 is 0 Å². The average molecular weight is 379 g/mol. The van der Waals surface area contributed by atoms with Gasteiger partial charge in [-0.05, 0) is 103 Å². The predicted molar refractivity (Wildman–Crippen MR) is 109 cm³/mol. The van der Waals surface area contributed by atoms with Gasteiger partial charge in [-0.15, -0.1) is 0 Å². The third-order valence-electron chi connectivity index (χ3n) is 8.46. The highest BCUT2D eigenvalue weighted by Gasteiger charge is 2.61. The van der Waals surface area contributed by atoms with Gasteiger partial charge in [-0.2, -0.15) is 0 Å². The number of benzene rings is 2. The number of hydrogen-bond acceptors (Lipinski definition) is 3. The number of rotatable bonds is 2. The van der Waals surface area contributed by atoms with Crippen LogP contribution in [0.15, 0.2) is 42.5 Å². The van der Waals surface area contributed by atoms with Crippen LogP contribution in [0.4, 0.5) is 0 Å². The van der Waals surface area contributed by atoms with Crippen molar-refractivity contribution in [1.82, 2.24) is 0 Å². The summed E-state index contributed by atoms with van der Waals surface area (Å²) in [4.78, 5) is 0. The summed E-state index contributed by atoms with van der Waals surface area (Å²) >= 11 is 0.